The number of aryl methyl sites for hydroxylation is 1. The van der Waals surface area contributed by atoms with E-state index in [0.29, 0.717) is 5.92 Å². The van der Waals surface area contributed by atoms with Gasteiger partial charge in [0.2, 0.25) is 0 Å². The van der Waals surface area contributed by atoms with Crippen LogP contribution in [0.3, 0.4) is 0 Å². The third-order valence-corrected chi connectivity index (χ3v) is 4.35. The number of hydrogen-bond acceptors (Lipinski definition) is 3. The predicted octanol–water partition coefficient (Wildman–Crippen LogP) is 2.61. The minimum atomic E-state index is 0.0403. The molecule has 1 fully saturated rings. The van der Waals surface area contributed by atoms with Crippen LogP contribution >= 0.6 is 0 Å². The number of aromatic nitrogens is 3. The highest BCUT2D eigenvalue weighted by atomic mass is 16.2. The van der Waals surface area contributed by atoms with Gasteiger partial charge < -0.3 is 14.8 Å². The zero-order chi connectivity index (χ0) is 16.4. The fourth-order valence-electron chi connectivity index (χ4n) is 3.16. The van der Waals surface area contributed by atoms with Crippen LogP contribution in [0.1, 0.15) is 38.9 Å². The van der Waals surface area contributed by atoms with E-state index < -0.39 is 0 Å². The minimum Gasteiger partial charge on any atom is -0.338 e. The molecule has 124 valence electrons. The molecule has 3 heterocycles. The fraction of sp³-hybridized carbons (Fsp3) is 0.588. The number of carbonyl (C=O) groups is 1. The van der Waals surface area contributed by atoms with Crippen LogP contribution in [-0.2, 0) is 6.54 Å². The second-order valence-corrected chi connectivity index (χ2v) is 6.57. The average molecular weight is 315 g/mol. The average Bonchev–Trinajstić information content (AvgIpc) is 3.16. The van der Waals surface area contributed by atoms with E-state index in [2.05, 4.69) is 35.6 Å². The standard InChI is InChI=1S/C17H25N5O/c1-4-22-15(20-14-6-5-8-18-16(14)22)13-7-9-21(11-13)17(23)19-10-12(2)3/h5-6,8,12-13H,4,7,9-11H2,1-3H3,(H,19,23)/t13-/m0/s1. The van der Waals surface area contributed by atoms with Crippen molar-refractivity contribution >= 4 is 17.2 Å². The quantitative estimate of drug-likeness (QED) is 0.943. The molecule has 2 amide bonds. The van der Waals surface area contributed by atoms with Gasteiger partial charge >= 0.3 is 6.03 Å². The van der Waals surface area contributed by atoms with E-state index in [0.717, 1.165) is 49.6 Å². The van der Waals surface area contributed by atoms with Crippen LogP contribution in [0.25, 0.3) is 11.2 Å². The Labute approximate surface area is 136 Å². The topological polar surface area (TPSA) is 63.1 Å². The first-order chi connectivity index (χ1) is 11.1. The number of nitrogens with one attached hydrogen (secondary N) is 1. The Kier molecular flexibility index (Phi) is 4.50. The first-order valence-electron chi connectivity index (χ1n) is 8.44. The van der Waals surface area contributed by atoms with Crippen LogP contribution < -0.4 is 5.32 Å². The molecule has 2 aromatic rings. The summed E-state index contributed by atoms with van der Waals surface area (Å²) >= 11 is 0. The van der Waals surface area contributed by atoms with E-state index in [1.165, 1.54) is 0 Å². The van der Waals surface area contributed by atoms with Crippen LogP contribution in [-0.4, -0.2) is 45.1 Å². The molecule has 6 heteroatoms. The lowest BCUT2D eigenvalue weighted by atomic mass is 10.1. The summed E-state index contributed by atoms with van der Waals surface area (Å²) in [5.41, 5.74) is 1.87. The number of nitrogens with zero attached hydrogens (tertiary/aromatic N) is 4. The number of amides is 2. The number of fused-ring (bicyclic) bond motifs is 1. The summed E-state index contributed by atoms with van der Waals surface area (Å²) in [5, 5.41) is 3.00. The molecule has 0 aliphatic carbocycles. The summed E-state index contributed by atoms with van der Waals surface area (Å²) in [6, 6.07) is 3.96. The molecule has 1 saturated heterocycles. The number of hydrogen-bond donors (Lipinski definition) is 1. The van der Waals surface area contributed by atoms with Gasteiger partial charge in [0, 0.05) is 38.3 Å². The van der Waals surface area contributed by atoms with Crippen molar-refractivity contribution in [3.05, 3.63) is 24.2 Å². The Morgan fingerprint density at radius 2 is 2.30 bits per heavy atom. The molecule has 0 spiro atoms. The second kappa shape index (κ2) is 6.56. The molecule has 0 radical (unpaired) electrons. The number of rotatable bonds is 4. The van der Waals surface area contributed by atoms with Crippen LogP contribution in [0.15, 0.2) is 18.3 Å². The Balaban J connectivity index is 1.75. The van der Waals surface area contributed by atoms with Gasteiger partial charge in [0.15, 0.2) is 5.65 Å². The molecule has 1 atom stereocenters. The van der Waals surface area contributed by atoms with Gasteiger partial charge in [0.25, 0.3) is 0 Å². The molecule has 0 saturated carbocycles. The fourth-order valence-corrected chi connectivity index (χ4v) is 3.16. The third kappa shape index (κ3) is 3.16. The van der Waals surface area contributed by atoms with Crippen molar-refractivity contribution in [1.29, 1.82) is 0 Å². The highest BCUT2D eigenvalue weighted by Crippen LogP contribution is 2.28. The maximum atomic E-state index is 12.2. The molecule has 3 rings (SSSR count). The van der Waals surface area contributed by atoms with Gasteiger partial charge in [-0.3, -0.25) is 0 Å². The normalized spacial score (nSPS) is 18.1. The van der Waals surface area contributed by atoms with Crippen molar-refractivity contribution in [2.24, 2.45) is 5.92 Å². The van der Waals surface area contributed by atoms with Gasteiger partial charge in [-0.25, -0.2) is 14.8 Å². The maximum absolute atomic E-state index is 12.2. The molecular weight excluding hydrogens is 290 g/mol. The monoisotopic (exact) mass is 315 g/mol. The summed E-state index contributed by atoms with van der Waals surface area (Å²) < 4.78 is 2.18. The smallest absolute Gasteiger partial charge is 0.317 e. The van der Waals surface area contributed by atoms with Crippen LogP contribution in [0, 0.1) is 5.92 Å². The van der Waals surface area contributed by atoms with Crippen molar-refractivity contribution in [1.82, 2.24) is 24.8 Å². The highest BCUT2D eigenvalue weighted by molar-refractivity contribution is 5.75. The van der Waals surface area contributed by atoms with Gasteiger partial charge in [-0.15, -0.1) is 0 Å². The third-order valence-electron chi connectivity index (χ3n) is 4.35. The van der Waals surface area contributed by atoms with E-state index in [-0.39, 0.29) is 11.9 Å². The van der Waals surface area contributed by atoms with Crippen molar-refractivity contribution in [3.63, 3.8) is 0 Å². The largest absolute Gasteiger partial charge is 0.338 e. The number of pyridine rings is 1. The molecule has 0 aromatic carbocycles. The summed E-state index contributed by atoms with van der Waals surface area (Å²) in [5.74, 6) is 1.81. The molecular formula is C17H25N5O. The number of urea groups is 1. The Morgan fingerprint density at radius 3 is 3.04 bits per heavy atom. The molecule has 6 nitrogen and oxygen atoms in total. The van der Waals surface area contributed by atoms with E-state index in [4.69, 9.17) is 4.98 Å². The van der Waals surface area contributed by atoms with Crippen LogP contribution in [0.4, 0.5) is 4.79 Å². The van der Waals surface area contributed by atoms with Crippen molar-refractivity contribution in [2.75, 3.05) is 19.6 Å². The molecule has 1 N–H and O–H groups in total. The highest BCUT2D eigenvalue weighted by Gasteiger charge is 2.30. The lowest BCUT2D eigenvalue weighted by Gasteiger charge is -2.18. The molecule has 1 aliphatic rings. The van der Waals surface area contributed by atoms with Gasteiger partial charge in [0.1, 0.15) is 11.3 Å². The molecule has 1 aliphatic heterocycles. The first kappa shape index (κ1) is 15.8. The number of carbonyl (C=O) groups excluding carboxylic acids is 1. The molecule has 0 unspecified atom stereocenters. The SMILES string of the molecule is CCn1c([C@H]2CCN(C(=O)NCC(C)C)C2)nc2cccnc21. The summed E-state index contributed by atoms with van der Waals surface area (Å²) in [6.45, 7) is 9.40. The second-order valence-electron chi connectivity index (χ2n) is 6.57. The lowest BCUT2D eigenvalue weighted by molar-refractivity contribution is 0.206. The van der Waals surface area contributed by atoms with Gasteiger partial charge in [-0.2, -0.15) is 0 Å². The summed E-state index contributed by atoms with van der Waals surface area (Å²) in [4.78, 5) is 23.4. The van der Waals surface area contributed by atoms with Crippen LogP contribution in [0.2, 0.25) is 0 Å². The summed E-state index contributed by atoms with van der Waals surface area (Å²) in [7, 11) is 0. The van der Waals surface area contributed by atoms with Gasteiger partial charge in [-0.1, -0.05) is 13.8 Å². The van der Waals surface area contributed by atoms with Crippen molar-refractivity contribution < 1.29 is 4.79 Å². The van der Waals surface area contributed by atoms with Crippen molar-refractivity contribution in [3.8, 4) is 0 Å². The van der Waals surface area contributed by atoms with Gasteiger partial charge in [-0.05, 0) is 31.4 Å². The van der Waals surface area contributed by atoms with Crippen molar-refractivity contribution in [2.45, 2.75) is 39.7 Å². The minimum absolute atomic E-state index is 0.0403. The first-order valence-corrected chi connectivity index (χ1v) is 8.44. The molecule has 0 bridgehead atoms. The van der Waals surface area contributed by atoms with E-state index in [1.807, 2.05) is 17.0 Å². The zero-order valence-electron chi connectivity index (χ0n) is 14.1. The van der Waals surface area contributed by atoms with E-state index in [9.17, 15) is 4.79 Å². The number of likely N-dealkylation sites (tertiary alicyclic amines) is 1. The van der Waals surface area contributed by atoms with E-state index in [1.54, 1.807) is 6.20 Å². The summed E-state index contributed by atoms with van der Waals surface area (Å²) in [6.07, 6.45) is 2.76. The zero-order valence-corrected chi connectivity index (χ0v) is 14.1. The Bertz CT molecular complexity index is 693. The van der Waals surface area contributed by atoms with Crippen LogP contribution in [0.5, 0.6) is 0 Å². The number of imidazole rings is 1. The molecule has 23 heavy (non-hydrogen) atoms. The Hall–Kier alpha value is -2.11. The predicted molar refractivity (Wildman–Crippen MR) is 90.4 cm³/mol. The van der Waals surface area contributed by atoms with Gasteiger partial charge in [0.05, 0.1) is 0 Å². The lowest BCUT2D eigenvalue weighted by Crippen LogP contribution is -2.40. The Morgan fingerprint density at radius 1 is 1.48 bits per heavy atom. The van der Waals surface area contributed by atoms with E-state index >= 15 is 0 Å². The molecule has 2 aromatic heterocycles. The maximum Gasteiger partial charge on any atom is 0.317 e.